The van der Waals surface area contributed by atoms with Crippen molar-refractivity contribution in [1.82, 2.24) is 0 Å². The van der Waals surface area contributed by atoms with Crippen molar-refractivity contribution < 1.29 is 23.4 Å². The van der Waals surface area contributed by atoms with E-state index >= 15 is 0 Å². The molecule has 0 saturated carbocycles. The highest BCUT2D eigenvalue weighted by molar-refractivity contribution is 5.83. The van der Waals surface area contributed by atoms with Crippen LogP contribution < -0.4 is 10.4 Å². The number of hydrogen-bond acceptors (Lipinski definition) is 6. The van der Waals surface area contributed by atoms with Gasteiger partial charge in [0.2, 0.25) is 0 Å². The van der Waals surface area contributed by atoms with Gasteiger partial charge in [0.15, 0.2) is 6.10 Å². The molecule has 1 aliphatic rings. The summed E-state index contributed by atoms with van der Waals surface area (Å²) in [5.74, 6) is 0.00219. The molecule has 0 N–H and O–H groups in total. The highest BCUT2D eigenvalue weighted by atomic mass is 16.6. The molecule has 0 spiro atoms. The topological polar surface area (TPSA) is 75.0 Å². The Bertz CT molecular complexity index is 838. The van der Waals surface area contributed by atoms with E-state index in [0.717, 1.165) is 42.2 Å². The zero-order chi connectivity index (χ0) is 18.5. The van der Waals surface area contributed by atoms with Crippen LogP contribution in [0.15, 0.2) is 27.4 Å². The van der Waals surface area contributed by atoms with E-state index in [9.17, 15) is 9.59 Å². The van der Waals surface area contributed by atoms with Crippen molar-refractivity contribution in [3.63, 3.8) is 0 Å². The van der Waals surface area contributed by atoms with E-state index in [4.69, 9.17) is 18.6 Å². The monoisotopic (exact) mass is 360 g/mol. The number of ether oxygens (including phenoxy) is 3. The lowest BCUT2D eigenvalue weighted by atomic mass is 9.91. The average molecular weight is 360 g/mol. The van der Waals surface area contributed by atoms with Crippen molar-refractivity contribution in [2.45, 2.75) is 45.6 Å². The molecular weight excluding hydrogens is 336 g/mol. The van der Waals surface area contributed by atoms with Gasteiger partial charge in [-0.2, -0.15) is 0 Å². The summed E-state index contributed by atoms with van der Waals surface area (Å²) in [5, 5.41) is 0.943. The maximum Gasteiger partial charge on any atom is 0.347 e. The number of rotatable bonds is 7. The van der Waals surface area contributed by atoms with Crippen LogP contribution in [0.25, 0.3) is 11.0 Å². The first-order valence-corrected chi connectivity index (χ1v) is 9.09. The van der Waals surface area contributed by atoms with Crippen molar-refractivity contribution in [2.24, 2.45) is 0 Å². The summed E-state index contributed by atoms with van der Waals surface area (Å²) in [4.78, 5) is 24.1. The van der Waals surface area contributed by atoms with E-state index in [0.29, 0.717) is 24.5 Å². The van der Waals surface area contributed by atoms with Gasteiger partial charge in [-0.05, 0) is 57.2 Å². The van der Waals surface area contributed by atoms with Crippen LogP contribution >= 0.6 is 0 Å². The molecule has 2 aromatic rings. The lowest BCUT2D eigenvalue weighted by Crippen LogP contribution is -2.27. The summed E-state index contributed by atoms with van der Waals surface area (Å²) in [6, 6.07) is 5.35. The Labute approximate surface area is 152 Å². The van der Waals surface area contributed by atoms with Gasteiger partial charge in [-0.1, -0.05) is 0 Å². The molecule has 0 fully saturated rings. The van der Waals surface area contributed by atoms with Crippen LogP contribution in [0, 0.1) is 0 Å². The van der Waals surface area contributed by atoms with E-state index in [1.54, 1.807) is 19.1 Å². The number of carbonyl (C=O) groups is 1. The smallest absolute Gasteiger partial charge is 0.347 e. The van der Waals surface area contributed by atoms with Crippen molar-refractivity contribution in [3.8, 4) is 5.75 Å². The first-order chi connectivity index (χ1) is 12.6. The zero-order valence-electron chi connectivity index (χ0n) is 15.2. The quantitative estimate of drug-likeness (QED) is 0.429. The second-order valence-corrected chi connectivity index (χ2v) is 6.34. The minimum Gasteiger partial charge on any atom is -0.479 e. The van der Waals surface area contributed by atoms with Crippen molar-refractivity contribution in [1.29, 1.82) is 0 Å². The fraction of sp³-hybridized carbons (Fsp3) is 0.500. The summed E-state index contributed by atoms with van der Waals surface area (Å²) in [5.41, 5.74) is 2.10. The van der Waals surface area contributed by atoms with Crippen LogP contribution in [0.1, 0.15) is 37.8 Å². The van der Waals surface area contributed by atoms with Gasteiger partial charge in [0.25, 0.3) is 0 Å². The molecule has 3 rings (SSSR count). The van der Waals surface area contributed by atoms with Gasteiger partial charge in [-0.25, -0.2) is 9.59 Å². The van der Waals surface area contributed by atoms with Crippen LogP contribution in [-0.2, 0) is 27.1 Å². The molecule has 0 bridgehead atoms. The molecular formula is C20H24O6. The number of carbonyl (C=O) groups excluding carboxylic acids is 1. The van der Waals surface area contributed by atoms with Crippen LogP contribution in [-0.4, -0.2) is 31.9 Å². The molecule has 1 unspecified atom stereocenters. The van der Waals surface area contributed by atoms with Crippen molar-refractivity contribution in [2.75, 3.05) is 19.8 Å². The van der Waals surface area contributed by atoms with Crippen molar-refractivity contribution >= 4 is 16.9 Å². The lowest BCUT2D eigenvalue weighted by molar-refractivity contribution is -0.152. The summed E-state index contributed by atoms with van der Waals surface area (Å²) < 4.78 is 21.3. The molecule has 26 heavy (non-hydrogen) atoms. The van der Waals surface area contributed by atoms with E-state index in [1.807, 2.05) is 13.0 Å². The lowest BCUT2D eigenvalue weighted by Gasteiger charge is -2.17. The Kier molecular flexibility index (Phi) is 5.93. The Balaban J connectivity index is 1.73. The Morgan fingerprint density at radius 1 is 1.19 bits per heavy atom. The Morgan fingerprint density at radius 2 is 1.96 bits per heavy atom. The second kappa shape index (κ2) is 8.36. The standard InChI is InChI=1S/C20H24O6/c1-3-23-10-11-24-19(21)13(2)25-14-8-9-16-15-6-4-5-7-17(15)20(22)26-18(16)12-14/h8-9,12-13H,3-7,10-11H2,1-2H3. The fourth-order valence-electron chi connectivity index (χ4n) is 3.21. The largest absolute Gasteiger partial charge is 0.479 e. The molecule has 6 heteroatoms. The Morgan fingerprint density at radius 3 is 2.73 bits per heavy atom. The van der Waals surface area contributed by atoms with Crippen LogP contribution in [0.2, 0.25) is 0 Å². The average Bonchev–Trinajstić information content (AvgIpc) is 2.65. The summed E-state index contributed by atoms with van der Waals surface area (Å²) in [7, 11) is 0. The molecule has 1 aromatic carbocycles. The van der Waals surface area contributed by atoms with Crippen LogP contribution in [0.3, 0.4) is 0 Å². The van der Waals surface area contributed by atoms with E-state index in [1.165, 1.54) is 0 Å². The second-order valence-electron chi connectivity index (χ2n) is 6.34. The van der Waals surface area contributed by atoms with Gasteiger partial charge in [-0.3, -0.25) is 0 Å². The van der Waals surface area contributed by atoms with Crippen molar-refractivity contribution in [3.05, 3.63) is 39.7 Å². The van der Waals surface area contributed by atoms with E-state index < -0.39 is 12.1 Å². The minimum absolute atomic E-state index is 0.194. The maximum absolute atomic E-state index is 12.2. The predicted molar refractivity (Wildman–Crippen MR) is 96.7 cm³/mol. The number of fused-ring (bicyclic) bond motifs is 3. The predicted octanol–water partition coefficient (Wildman–Crippen LogP) is 3.02. The molecule has 0 radical (unpaired) electrons. The number of hydrogen-bond donors (Lipinski definition) is 0. The zero-order valence-corrected chi connectivity index (χ0v) is 15.2. The normalized spacial score (nSPS) is 14.7. The van der Waals surface area contributed by atoms with Gasteiger partial charge in [0, 0.05) is 23.6 Å². The number of esters is 1. The molecule has 6 nitrogen and oxygen atoms in total. The first-order valence-electron chi connectivity index (χ1n) is 9.09. The highest BCUT2D eigenvalue weighted by Gasteiger charge is 2.20. The molecule has 1 atom stereocenters. The molecule has 1 aliphatic carbocycles. The molecule has 1 aromatic heterocycles. The van der Waals surface area contributed by atoms with Gasteiger partial charge < -0.3 is 18.6 Å². The number of aryl methyl sites for hydroxylation is 1. The maximum atomic E-state index is 12.2. The highest BCUT2D eigenvalue weighted by Crippen LogP contribution is 2.29. The first kappa shape index (κ1) is 18.5. The Hall–Kier alpha value is -2.34. The summed E-state index contributed by atoms with van der Waals surface area (Å²) in [6.07, 6.45) is 3.00. The molecule has 0 aliphatic heterocycles. The van der Waals surface area contributed by atoms with E-state index in [-0.39, 0.29) is 12.2 Å². The molecule has 0 amide bonds. The molecule has 140 valence electrons. The van der Waals surface area contributed by atoms with Crippen LogP contribution in [0.4, 0.5) is 0 Å². The molecule has 0 saturated heterocycles. The third-order valence-corrected chi connectivity index (χ3v) is 4.52. The molecule has 1 heterocycles. The third kappa shape index (κ3) is 4.07. The van der Waals surface area contributed by atoms with Gasteiger partial charge in [0.1, 0.15) is 17.9 Å². The van der Waals surface area contributed by atoms with Crippen LogP contribution in [0.5, 0.6) is 5.75 Å². The summed E-state index contributed by atoms with van der Waals surface area (Å²) in [6.45, 7) is 4.63. The SMILES string of the molecule is CCOCCOC(=O)C(C)Oc1ccc2c3c(c(=O)oc2c1)CCCC3. The third-order valence-electron chi connectivity index (χ3n) is 4.52. The number of benzene rings is 1. The van der Waals surface area contributed by atoms with Gasteiger partial charge >= 0.3 is 11.6 Å². The van der Waals surface area contributed by atoms with Gasteiger partial charge in [-0.15, -0.1) is 0 Å². The summed E-state index contributed by atoms with van der Waals surface area (Å²) >= 11 is 0. The van der Waals surface area contributed by atoms with Gasteiger partial charge in [0.05, 0.1) is 6.61 Å². The minimum atomic E-state index is -0.765. The fourth-order valence-corrected chi connectivity index (χ4v) is 3.21. The van der Waals surface area contributed by atoms with E-state index in [2.05, 4.69) is 0 Å².